The van der Waals surface area contributed by atoms with Gasteiger partial charge in [0.25, 0.3) is 0 Å². The first kappa shape index (κ1) is 25.6. The number of para-hydroxylation sites is 1. The Morgan fingerprint density at radius 3 is 2.51 bits per heavy atom. The monoisotopic (exact) mass is 550 g/mol. The van der Waals surface area contributed by atoms with Crippen LogP contribution in [0.25, 0.3) is 10.9 Å². The van der Waals surface area contributed by atoms with Gasteiger partial charge in [-0.15, -0.1) is 13.2 Å². The van der Waals surface area contributed by atoms with E-state index in [2.05, 4.69) is 48.3 Å². The van der Waals surface area contributed by atoms with Crippen LogP contribution in [0.1, 0.15) is 31.2 Å². The first-order valence-electron chi connectivity index (χ1n) is 11.8. The number of nitrogens with one attached hydrogen (secondary N) is 2. The second-order valence-electron chi connectivity index (χ2n) is 9.23. The number of ether oxygens (including phenoxy) is 1. The zero-order chi connectivity index (χ0) is 25.0. The molecule has 1 saturated carbocycles. The lowest BCUT2D eigenvalue weighted by atomic mass is 9.86. The Kier molecular flexibility index (Phi) is 8.06. The molecule has 2 N–H and O–H groups in total. The van der Waals surface area contributed by atoms with Gasteiger partial charge in [-0.05, 0) is 56.3 Å². The number of alkyl halides is 3. The molecule has 0 saturated heterocycles. The number of hydrogen-bond acceptors (Lipinski definition) is 5. The number of hydrogen-bond donors (Lipinski definition) is 2. The van der Waals surface area contributed by atoms with E-state index >= 15 is 0 Å². The average Bonchev–Trinajstić information content (AvgIpc) is 2.80. The zero-order valence-electron chi connectivity index (χ0n) is 19.8. The second-order valence-corrected chi connectivity index (χ2v) is 10.1. The summed E-state index contributed by atoms with van der Waals surface area (Å²) in [5.41, 5.74) is 2.60. The molecule has 0 unspecified atom stereocenters. The minimum absolute atomic E-state index is 0.174. The highest BCUT2D eigenvalue weighted by atomic mass is 79.9. The highest BCUT2D eigenvalue weighted by Gasteiger charge is 2.32. The molecule has 1 fully saturated rings. The van der Waals surface area contributed by atoms with Crippen LogP contribution >= 0.6 is 15.9 Å². The summed E-state index contributed by atoms with van der Waals surface area (Å²) in [4.78, 5) is 6.91. The molecule has 4 rings (SSSR count). The molecular formula is C26H30BrF3N4O. The Balaban J connectivity index is 1.29. The van der Waals surface area contributed by atoms with Crippen LogP contribution in [-0.4, -0.2) is 38.0 Å². The molecule has 0 spiro atoms. The molecule has 3 aromatic rings. The van der Waals surface area contributed by atoms with Gasteiger partial charge in [-0.25, -0.2) is 4.98 Å². The average molecular weight is 551 g/mol. The largest absolute Gasteiger partial charge is 0.573 e. The van der Waals surface area contributed by atoms with Gasteiger partial charge in [-0.2, -0.15) is 0 Å². The molecule has 0 radical (unpaired) electrons. The maximum absolute atomic E-state index is 12.7. The van der Waals surface area contributed by atoms with Crippen molar-refractivity contribution in [2.75, 3.05) is 30.9 Å². The van der Waals surface area contributed by atoms with Crippen LogP contribution in [0.2, 0.25) is 0 Å². The van der Waals surface area contributed by atoms with Gasteiger partial charge in [0.1, 0.15) is 11.6 Å². The predicted molar refractivity (Wildman–Crippen MR) is 138 cm³/mol. The summed E-state index contributed by atoms with van der Waals surface area (Å²) in [6.45, 7) is 1.08. The summed E-state index contributed by atoms with van der Waals surface area (Å²) in [5.74, 6) is 1.20. The number of fused-ring (bicyclic) bond motifs is 1. The molecule has 0 atom stereocenters. The topological polar surface area (TPSA) is 49.4 Å². The first-order valence-corrected chi connectivity index (χ1v) is 12.6. The SMILES string of the molecule is CN(C)c1cc(NC2CCC(CNCc3ccc(Br)cc3OC(F)(F)F)CC2)nc2ccccc12. The quantitative estimate of drug-likeness (QED) is 0.326. The predicted octanol–water partition coefficient (Wildman–Crippen LogP) is 6.72. The molecule has 1 heterocycles. The number of rotatable bonds is 8. The third-order valence-electron chi connectivity index (χ3n) is 6.38. The first-order chi connectivity index (χ1) is 16.7. The Labute approximate surface area is 212 Å². The van der Waals surface area contributed by atoms with E-state index < -0.39 is 6.36 Å². The molecule has 1 aliphatic rings. The second kappa shape index (κ2) is 11.0. The highest BCUT2D eigenvalue weighted by molar-refractivity contribution is 9.10. The number of aromatic nitrogens is 1. The number of nitrogens with zero attached hydrogens (tertiary/aromatic N) is 2. The molecule has 2 aromatic carbocycles. The highest BCUT2D eigenvalue weighted by Crippen LogP contribution is 2.32. The molecule has 0 aliphatic heterocycles. The lowest BCUT2D eigenvalue weighted by Gasteiger charge is -2.30. The molecule has 0 bridgehead atoms. The lowest BCUT2D eigenvalue weighted by Crippen LogP contribution is -2.31. The minimum atomic E-state index is -4.71. The van der Waals surface area contributed by atoms with Crippen molar-refractivity contribution in [3.8, 4) is 5.75 Å². The lowest BCUT2D eigenvalue weighted by molar-refractivity contribution is -0.274. The van der Waals surface area contributed by atoms with Crippen LogP contribution in [0.4, 0.5) is 24.7 Å². The molecule has 188 valence electrons. The summed E-state index contributed by atoms with van der Waals surface area (Å²) < 4.78 is 42.9. The summed E-state index contributed by atoms with van der Waals surface area (Å²) >= 11 is 3.21. The van der Waals surface area contributed by atoms with Gasteiger partial charge in [-0.1, -0.05) is 40.2 Å². The Morgan fingerprint density at radius 2 is 1.80 bits per heavy atom. The van der Waals surface area contributed by atoms with Gasteiger partial charge in [0.2, 0.25) is 0 Å². The van der Waals surface area contributed by atoms with Crippen LogP contribution in [0.3, 0.4) is 0 Å². The Hall–Kier alpha value is -2.52. The summed E-state index contributed by atoms with van der Waals surface area (Å²) in [7, 11) is 4.08. The maximum Gasteiger partial charge on any atom is 0.573 e. The third kappa shape index (κ3) is 7.01. The molecule has 1 aliphatic carbocycles. The van der Waals surface area contributed by atoms with E-state index in [4.69, 9.17) is 4.98 Å². The van der Waals surface area contributed by atoms with Gasteiger partial charge >= 0.3 is 6.36 Å². The van der Waals surface area contributed by atoms with Gasteiger partial charge in [-0.3, -0.25) is 0 Å². The minimum Gasteiger partial charge on any atom is -0.405 e. The normalized spacial score (nSPS) is 18.5. The summed E-state index contributed by atoms with van der Waals surface area (Å²) in [5, 5.41) is 8.07. The summed E-state index contributed by atoms with van der Waals surface area (Å²) in [6, 6.07) is 15.3. The van der Waals surface area contributed by atoms with Crippen molar-refractivity contribution in [1.29, 1.82) is 0 Å². The van der Waals surface area contributed by atoms with Crippen LogP contribution in [0, 0.1) is 5.92 Å². The summed E-state index contributed by atoms with van der Waals surface area (Å²) in [6.07, 6.45) is -0.568. The van der Waals surface area contributed by atoms with Crippen LogP contribution < -0.4 is 20.3 Å². The standard InChI is InChI=1S/C26H30BrF3N4O/c1-34(2)23-14-25(33-22-6-4-3-5-21(22)23)32-20-11-7-17(8-12-20)15-31-16-18-9-10-19(27)13-24(18)35-26(28,29)30/h3-6,9-10,13-14,17,20,31H,7-8,11-12,15-16H2,1-2H3,(H,32,33). The van der Waals surface area contributed by atoms with E-state index in [0.717, 1.165) is 54.6 Å². The van der Waals surface area contributed by atoms with E-state index in [1.165, 1.54) is 6.07 Å². The molecular weight excluding hydrogens is 521 g/mol. The zero-order valence-corrected chi connectivity index (χ0v) is 21.4. The van der Waals surface area contributed by atoms with E-state index in [0.29, 0.717) is 28.5 Å². The van der Waals surface area contributed by atoms with Crippen molar-refractivity contribution < 1.29 is 17.9 Å². The fourth-order valence-corrected chi connectivity index (χ4v) is 4.97. The molecule has 5 nitrogen and oxygen atoms in total. The molecule has 35 heavy (non-hydrogen) atoms. The van der Waals surface area contributed by atoms with Gasteiger partial charge in [0.15, 0.2) is 0 Å². The fraction of sp³-hybridized carbons (Fsp3) is 0.423. The van der Waals surface area contributed by atoms with Gasteiger partial charge in [0.05, 0.1) is 5.52 Å². The van der Waals surface area contributed by atoms with Crippen molar-refractivity contribution in [3.63, 3.8) is 0 Å². The van der Waals surface area contributed by atoms with E-state index in [1.54, 1.807) is 12.1 Å². The molecule has 0 amide bonds. The number of pyridine rings is 1. The van der Waals surface area contributed by atoms with E-state index in [1.807, 2.05) is 32.3 Å². The molecule has 9 heteroatoms. The van der Waals surface area contributed by atoms with Crippen LogP contribution in [0.15, 0.2) is 53.0 Å². The Morgan fingerprint density at radius 1 is 1.06 bits per heavy atom. The van der Waals surface area contributed by atoms with Crippen molar-refractivity contribution >= 4 is 38.3 Å². The smallest absolute Gasteiger partial charge is 0.405 e. The van der Waals surface area contributed by atoms with Crippen LogP contribution in [-0.2, 0) is 6.54 Å². The van der Waals surface area contributed by atoms with E-state index in [-0.39, 0.29) is 5.75 Å². The Bertz CT molecular complexity index is 1150. The maximum atomic E-state index is 12.7. The fourth-order valence-electron chi connectivity index (χ4n) is 4.63. The van der Waals surface area contributed by atoms with Crippen molar-refractivity contribution in [2.45, 2.75) is 44.6 Å². The number of anilines is 2. The van der Waals surface area contributed by atoms with Crippen LogP contribution in [0.5, 0.6) is 5.75 Å². The number of benzene rings is 2. The molecule has 1 aromatic heterocycles. The van der Waals surface area contributed by atoms with Crippen molar-refractivity contribution in [2.24, 2.45) is 5.92 Å². The number of halogens is 4. The van der Waals surface area contributed by atoms with E-state index in [9.17, 15) is 13.2 Å². The van der Waals surface area contributed by atoms with Crippen molar-refractivity contribution in [3.05, 3.63) is 58.6 Å². The van der Waals surface area contributed by atoms with Crippen molar-refractivity contribution in [1.82, 2.24) is 10.3 Å². The van der Waals surface area contributed by atoms with Gasteiger partial charge in [0, 0.05) is 53.9 Å². The van der Waals surface area contributed by atoms with Gasteiger partial charge < -0.3 is 20.3 Å². The third-order valence-corrected chi connectivity index (χ3v) is 6.87.